The summed E-state index contributed by atoms with van der Waals surface area (Å²) in [4.78, 5) is 11.2. The van der Waals surface area contributed by atoms with Crippen LogP contribution in [0.15, 0.2) is 0 Å². The van der Waals surface area contributed by atoms with Gasteiger partial charge in [-0.15, -0.1) is 11.8 Å². The molecule has 1 fully saturated rings. The Morgan fingerprint density at radius 2 is 1.85 bits per heavy atom. The third-order valence-corrected chi connectivity index (χ3v) is 4.02. The minimum absolute atomic E-state index is 0.411. The van der Waals surface area contributed by atoms with Gasteiger partial charge in [0.05, 0.1) is 0 Å². The third kappa shape index (κ3) is 2.63. The first kappa shape index (κ1) is 10.9. The second kappa shape index (κ2) is 4.36. The number of thioether (sulfide) groups is 1. The lowest BCUT2D eigenvalue weighted by atomic mass is 9.88. The van der Waals surface area contributed by atoms with Crippen molar-refractivity contribution < 1.29 is 9.90 Å². The van der Waals surface area contributed by atoms with E-state index in [0.29, 0.717) is 5.25 Å². The Morgan fingerprint density at radius 3 is 2.23 bits per heavy atom. The van der Waals surface area contributed by atoms with E-state index in [1.165, 1.54) is 6.42 Å². The van der Waals surface area contributed by atoms with Crippen molar-refractivity contribution >= 4 is 17.7 Å². The molecule has 0 aromatic rings. The van der Waals surface area contributed by atoms with Gasteiger partial charge in [0, 0.05) is 5.25 Å². The molecule has 1 N–H and O–H groups in total. The van der Waals surface area contributed by atoms with Gasteiger partial charge in [-0.3, -0.25) is 4.79 Å². The van der Waals surface area contributed by atoms with Crippen LogP contribution in [-0.4, -0.2) is 21.1 Å². The third-order valence-electron chi connectivity index (χ3n) is 2.51. The van der Waals surface area contributed by atoms with Gasteiger partial charge in [-0.1, -0.05) is 33.1 Å². The fourth-order valence-corrected chi connectivity index (χ4v) is 3.48. The molecule has 0 radical (unpaired) electrons. The summed E-state index contributed by atoms with van der Waals surface area (Å²) in [6.45, 7) is 4.15. The Bertz CT molecular complexity index is 183. The second-order valence-corrected chi connectivity index (χ2v) is 5.99. The zero-order valence-corrected chi connectivity index (χ0v) is 9.19. The molecule has 0 unspecified atom stereocenters. The van der Waals surface area contributed by atoms with Gasteiger partial charge in [-0.2, -0.15) is 0 Å². The van der Waals surface area contributed by atoms with E-state index < -0.39 is 10.7 Å². The maximum Gasteiger partial charge on any atom is 0.319 e. The van der Waals surface area contributed by atoms with E-state index in [0.717, 1.165) is 25.7 Å². The van der Waals surface area contributed by atoms with Crippen molar-refractivity contribution in [3.8, 4) is 0 Å². The van der Waals surface area contributed by atoms with Crippen LogP contribution in [0.2, 0.25) is 0 Å². The maximum atomic E-state index is 11.2. The minimum atomic E-state index is -0.606. The summed E-state index contributed by atoms with van der Waals surface area (Å²) < 4.78 is -0.466. The molecule has 1 aliphatic rings. The molecule has 1 aliphatic carbocycles. The van der Waals surface area contributed by atoms with Crippen molar-refractivity contribution in [1.29, 1.82) is 0 Å². The summed E-state index contributed by atoms with van der Waals surface area (Å²) in [6.07, 6.45) is 5.06. The van der Waals surface area contributed by atoms with Gasteiger partial charge in [0.1, 0.15) is 4.75 Å². The zero-order valence-electron chi connectivity index (χ0n) is 8.38. The first-order valence-corrected chi connectivity index (χ1v) is 5.86. The lowest BCUT2D eigenvalue weighted by Gasteiger charge is -2.33. The lowest BCUT2D eigenvalue weighted by Crippen LogP contribution is -2.38. The lowest BCUT2D eigenvalue weighted by molar-refractivity contribution is -0.140. The van der Waals surface area contributed by atoms with Crippen LogP contribution in [0.5, 0.6) is 0 Å². The Kier molecular flexibility index (Phi) is 3.65. The predicted molar refractivity (Wildman–Crippen MR) is 56.2 cm³/mol. The van der Waals surface area contributed by atoms with E-state index in [4.69, 9.17) is 0 Å². The highest BCUT2D eigenvalue weighted by Gasteiger charge is 2.40. The summed E-state index contributed by atoms with van der Waals surface area (Å²) >= 11 is 1.63. The fourth-order valence-electron chi connectivity index (χ4n) is 1.96. The first-order chi connectivity index (χ1) is 6.07. The first-order valence-electron chi connectivity index (χ1n) is 4.98. The largest absolute Gasteiger partial charge is 0.480 e. The van der Waals surface area contributed by atoms with Crippen LogP contribution in [-0.2, 0) is 4.79 Å². The molecule has 0 bridgehead atoms. The molecule has 2 nitrogen and oxygen atoms in total. The van der Waals surface area contributed by atoms with Crippen molar-refractivity contribution in [3.63, 3.8) is 0 Å². The Hall–Kier alpha value is -0.180. The second-order valence-electron chi connectivity index (χ2n) is 4.03. The Balaban J connectivity index is 2.67. The standard InChI is InChI=1S/C10H18O2S/c1-8(2)13-10(9(11)12)6-4-3-5-7-10/h8H,3-7H2,1-2H3,(H,11,12). The zero-order chi connectivity index (χ0) is 9.90. The van der Waals surface area contributed by atoms with Gasteiger partial charge in [0.2, 0.25) is 0 Å². The number of hydrogen-bond donors (Lipinski definition) is 1. The van der Waals surface area contributed by atoms with Gasteiger partial charge in [-0.25, -0.2) is 0 Å². The highest BCUT2D eigenvalue weighted by atomic mass is 32.2. The van der Waals surface area contributed by atoms with E-state index in [2.05, 4.69) is 13.8 Å². The SMILES string of the molecule is CC(C)SC1(C(=O)O)CCCCC1. The molecule has 0 amide bonds. The van der Waals surface area contributed by atoms with Crippen molar-refractivity contribution in [1.82, 2.24) is 0 Å². The van der Waals surface area contributed by atoms with Crippen LogP contribution in [0.1, 0.15) is 46.0 Å². The molecule has 13 heavy (non-hydrogen) atoms. The summed E-state index contributed by atoms with van der Waals surface area (Å²) in [5.41, 5.74) is 0. The Morgan fingerprint density at radius 1 is 1.31 bits per heavy atom. The van der Waals surface area contributed by atoms with Gasteiger partial charge >= 0.3 is 5.97 Å². The smallest absolute Gasteiger partial charge is 0.319 e. The number of carbonyl (C=O) groups is 1. The van der Waals surface area contributed by atoms with Gasteiger partial charge in [-0.05, 0) is 12.8 Å². The molecule has 0 heterocycles. The van der Waals surface area contributed by atoms with Gasteiger partial charge in [0.15, 0.2) is 0 Å². The average Bonchev–Trinajstić information content (AvgIpc) is 2.04. The fraction of sp³-hybridized carbons (Fsp3) is 0.900. The summed E-state index contributed by atoms with van der Waals surface area (Å²) in [5.74, 6) is -0.606. The molecule has 0 aromatic heterocycles. The number of carboxylic acid groups (broad SMARTS) is 1. The molecule has 0 aromatic carbocycles. The van der Waals surface area contributed by atoms with Crippen molar-refractivity contribution in [2.45, 2.75) is 55.9 Å². The maximum absolute atomic E-state index is 11.2. The van der Waals surface area contributed by atoms with Gasteiger partial charge in [0.25, 0.3) is 0 Å². The monoisotopic (exact) mass is 202 g/mol. The van der Waals surface area contributed by atoms with E-state index >= 15 is 0 Å². The number of carboxylic acids is 1. The average molecular weight is 202 g/mol. The van der Waals surface area contributed by atoms with E-state index in [9.17, 15) is 9.90 Å². The van der Waals surface area contributed by atoms with Crippen LogP contribution >= 0.6 is 11.8 Å². The van der Waals surface area contributed by atoms with Crippen molar-refractivity contribution in [2.24, 2.45) is 0 Å². The van der Waals surface area contributed by atoms with E-state index in [1.54, 1.807) is 11.8 Å². The van der Waals surface area contributed by atoms with E-state index in [1.807, 2.05) is 0 Å². The molecule has 3 heteroatoms. The quantitative estimate of drug-likeness (QED) is 0.764. The summed E-state index contributed by atoms with van der Waals surface area (Å²) in [5, 5.41) is 9.63. The molecule has 0 spiro atoms. The normalized spacial score (nSPS) is 21.8. The van der Waals surface area contributed by atoms with Crippen LogP contribution in [0, 0.1) is 0 Å². The minimum Gasteiger partial charge on any atom is -0.480 e. The van der Waals surface area contributed by atoms with Crippen LogP contribution in [0.4, 0.5) is 0 Å². The molecule has 0 aliphatic heterocycles. The Labute approximate surface area is 84.1 Å². The number of hydrogen-bond acceptors (Lipinski definition) is 2. The topological polar surface area (TPSA) is 37.3 Å². The van der Waals surface area contributed by atoms with Crippen molar-refractivity contribution in [3.05, 3.63) is 0 Å². The van der Waals surface area contributed by atoms with Crippen LogP contribution in [0.25, 0.3) is 0 Å². The predicted octanol–water partition coefficient (Wildman–Crippen LogP) is 2.92. The molecule has 76 valence electrons. The number of aliphatic carboxylic acids is 1. The summed E-state index contributed by atoms with van der Waals surface area (Å²) in [7, 11) is 0. The summed E-state index contributed by atoms with van der Waals surface area (Å²) in [6, 6.07) is 0. The molecule has 1 rings (SSSR count). The molecular formula is C10H18O2S. The molecule has 0 saturated heterocycles. The van der Waals surface area contributed by atoms with Crippen molar-refractivity contribution in [2.75, 3.05) is 0 Å². The number of rotatable bonds is 3. The highest BCUT2D eigenvalue weighted by Crippen LogP contribution is 2.42. The van der Waals surface area contributed by atoms with Crippen LogP contribution in [0.3, 0.4) is 0 Å². The van der Waals surface area contributed by atoms with Crippen LogP contribution < -0.4 is 0 Å². The molecule has 0 atom stereocenters. The molecule has 1 saturated carbocycles. The van der Waals surface area contributed by atoms with Gasteiger partial charge < -0.3 is 5.11 Å². The highest BCUT2D eigenvalue weighted by molar-refractivity contribution is 8.01. The molecular weight excluding hydrogens is 184 g/mol. The van der Waals surface area contributed by atoms with E-state index in [-0.39, 0.29) is 0 Å².